The Morgan fingerprint density at radius 2 is 2.31 bits per heavy atom. The smallest absolute Gasteiger partial charge is 0.371 e. The molecule has 72 valence electrons. The molecule has 0 radical (unpaired) electrons. The van der Waals surface area contributed by atoms with Crippen molar-refractivity contribution in [2.24, 2.45) is 0 Å². The van der Waals surface area contributed by atoms with Crippen molar-refractivity contribution in [1.82, 2.24) is 5.01 Å². The largest absolute Gasteiger partial charge is 0.475 e. The average Bonchev–Trinajstić information content (AvgIpc) is 2.31. The van der Waals surface area contributed by atoms with Gasteiger partial charge in [-0.25, -0.2) is 9.80 Å². The Balaban J connectivity index is 2.90. The summed E-state index contributed by atoms with van der Waals surface area (Å²) in [5, 5.41) is 10.2. The number of halogens is 1. The molecule has 1 heterocycles. The molecule has 0 amide bonds. The molecule has 0 atom stereocenters. The monoisotopic (exact) mass is 248 g/mol. The number of carboxylic acids is 1. The normalized spacial score (nSPS) is 10.5. The van der Waals surface area contributed by atoms with Gasteiger partial charge >= 0.3 is 5.97 Å². The minimum atomic E-state index is -1.09. The van der Waals surface area contributed by atoms with E-state index >= 15 is 0 Å². The second-order valence-corrected chi connectivity index (χ2v) is 3.45. The molecule has 0 bridgehead atoms. The average molecular weight is 249 g/mol. The molecule has 0 aliphatic heterocycles. The van der Waals surface area contributed by atoms with E-state index in [1.165, 1.54) is 6.07 Å². The van der Waals surface area contributed by atoms with E-state index in [0.717, 1.165) is 0 Å². The van der Waals surface area contributed by atoms with Crippen LogP contribution in [-0.2, 0) is 0 Å². The maximum Gasteiger partial charge on any atom is 0.371 e. The van der Waals surface area contributed by atoms with Gasteiger partial charge < -0.3 is 9.52 Å². The minimum absolute atomic E-state index is 0.101. The molecular weight excluding hydrogens is 240 g/mol. The summed E-state index contributed by atoms with van der Waals surface area (Å²) in [7, 11) is 3.55. The van der Waals surface area contributed by atoms with Gasteiger partial charge in [-0.1, -0.05) is 0 Å². The van der Waals surface area contributed by atoms with Crippen LogP contribution in [-0.4, -0.2) is 30.2 Å². The predicted molar refractivity (Wildman–Crippen MR) is 50.7 cm³/mol. The molecule has 1 rings (SSSR count). The topological polar surface area (TPSA) is 65.7 Å². The molecule has 1 aromatic rings. The fourth-order valence-electron chi connectivity index (χ4n) is 0.754. The Bertz CT molecular complexity index is 322. The van der Waals surface area contributed by atoms with Gasteiger partial charge in [-0.3, -0.25) is 5.43 Å². The van der Waals surface area contributed by atoms with Crippen molar-refractivity contribution in [3.8, 4) is 0 Å². The molecule has 2 N–H and O–H groups in total. The molecule has 0 aromatic carbocycles. The van der Waals surface area contributed by atoms with E-state index in [0.29, 0.717) is 10.4 Å². The third-order valence-electron chi connectivity index (χ3n) is 1.22. The first-order valence-electron chi connectivity index (χ1n) is 3.47. The Morgan fingerprint density at radius 3 is 2.69 bits per heavy atom. The third kappa shape index (κ3) is 2.46. The summed E-state index contributed by atoms with van der Waals surface area (Å²) in [6, 6.07) is 1.40. The van der Waals surface area contributed by atoms with Crippen molar-refractivity contribution in [3.05, 3.63) is 16.3 Å². The zero-order chi connectivity index (χ0) is 10.0. The summed E-state index contributed by atoms with van der Waals surface area (Å²) in [5.41, 5.74) is 2.80. The van der Waals surface area contributed by atoms with Crippen LogP contribution in [0.4, 0.5) is 5.88 Å². The van der Waals surface area contributed by atoms with Crippen LogP contribution in [0.3, 0.4) is 0 Å². The van der Waals surface area contributed by atoms with Gasteiger partial charge in [0.1, 0.15) is 0 Å². The van der Waals surface area contributed by atoms with E-state index in [4.69, 9.17) is 9.52 Å². The number of carbonyl (C=O) groups is 1. The number of carboxylic acid groups (broad SMARTS) is 1. The van der Waals surface area contributed by atoms with Crippen molar-refractivity contribution in [1.29, 1.82) is 0 Å². The Labute approximate surface area is 83.4 Å². The predicted octanol–water partition coefficient (Wildman–Crippen LogP) is 1.63. The summed E-state index contributed by atoms with van der Waals surface area (Å²) in [5.74, 6) is -0.814. The molecule has 0 aliphatic carbocycles. The third-order valence-corrected chi connectivity index (χ3v) is 1.81. The molecule has 0 unspecified atom stereocenters. The second kappa shape index (κ2) is 3.80. The highest BCUT2D eigenvalue weighted by atomic mass is 79.9. The number of nitrogens with one attached hydrogen (secondary N) is 1. The number of nitrogens with zero attached hydrogens (tertiary/aromatic N) is 1. The number of furan rings is 1. The van der Waals surface area contributed by atoms with Gasteiger partial charge in [0.05, 0.1) is 4.47 Å². The molecule has 6 heteroatoms. The van der Waals surface area contributed by atoms with Crippen molar-refractivity contribution in [2.75, 3.05) is 19.5 Å². The first-order chi connectivity index (χ1) is 6.00. The van der Waals surface area contributed by atoms with Crippen LogP contribution in [0.5, 0.6) is 0 Å². The Kier molecular flexibility index (Phi) is 2.94. The first-order valence-corrected chi connectivity index (χ1v) is 4.26. The number of hydrogen-bond acceptors (Lipinski definition) is 4. The lowest BCUT2D eigenvalue weighted by molar-refractivity contribution is 0.0663. The zero-order valence-electron chi connectivity index (χ0n) is 7.17. The van der Waals surface area contributed by atoms with Gasteiger partial charge in [-0.05, 0) is 15.9 Å². The lowest BCUT2D eigenvalue weighted by atomic mass is 10.5. The van der Waals surface area contributed by atoms with Crippen LogP contribution < -0.4 is 5.43 Å². The van der Waals surface area contributed by atoms with E-state index in [9.17, 15) is 4.79 Å². The fraction of sp³-hybridized carbons (Fsp3) is 0.286. The fourth-order valence-corrected chi connectivity index (χ4v) is 1.13. The van der Waals surface area contributed by atoms with Gasteiger partial charge in [0.2, 0.25) is 11.6 Å². The number of rotatable bonds is 3. The van der Waals surface area contributed by atoms with Crippen LogP contribution in [0.2, 0.25) is 0 Å². The summed E-state index contributed by atoms with van der Waals surface area (Å²) in [6.45, 7) is 0. The number of hydrazine groups is 1. The molecule has 13 heavy (non-hydrogen) atoms. The van der Waals surface area contributed by atoms with E-state index in [1.807, 2.05) is 0 Å². The molecule has 1 aromatic heterocycles. The molecule has 0 spiro atoms. The standard InChI is InChI=1S/C7H9BrN2O3/c1-10(2)9-6-4(8)3-5(13-6)7(11)12/h3,9H,1-2H3,(H,11,12). The van der Waals surface area contributed by atoms with Crippen molar-refractivity contribution in [2.45, 2.75) is 0 Å². The van der Waals surface area contributed by atoms with E-state index in [1.54, 1.807) is 19.1 Å². The number of hydrogen-bond donors (Lipinski definition) is 2. The number of anilines is 1. The molecular formula is C7H9BrN2O3. The molecule has 0 aliphatic rings. The van der Waals surface area contributed by atoms with Crippen molar-refractivity contribution >= 4 is 27.8 Å². The van der Waals surface area contributed by atoms with Crippen molar-refractivity contribution < 1.29 is 14.3 Å². The SMILES string of the molecule is CN(C)Nc1oc(C(=O)O)cc1Br. The van der Waals surface area contributed by atoms with Crippen LogP contribution in [0.25, 0.3) is 0 Å². The quantitative estimate of drug-likeness (QED) is 0.797. The van der Waals surface area contributed by atoms with E-state index < -0.39 is 5.97 Å². The van der Waals surface area contributed by atoms with Gasteiger partial charge in [-0.15, -0.1) is 0 Å². The van der Waals surface area contributed by atoms with Crippen LogP contribution >= 0.6 is 15.9 Å². The highest BCUT2D eigenvalue weighted by Gasteiger charge is 2.14. The first kappa shape index (κ1) is 10.1. The minimum Gasteiger partial charge on any atom is -0.475 e. The van der Waals surface area contributed by atoms with Gasteiger partial charge in [0, 0.05) is 20.2 Å². The molecule has 0 saturated carbocycles. The maximum absolute atomic E-state index is 10.5. The molecule has 0 saturated heterocycles. The van der Waals surface area contributed by atoms with Gasteiger partial charge in [0.25, 0.3) is 0 Å². The summed E-state index contributed by atoms with van der Waals surface area (Å²) < 4.78 is 5.57. The van der Waals surface area contributed by atoms with Crippen LogP contribution in [0, 0.1) is 0 Å². The summed E-state index contributed by atoms with van der Waals surface area (Å²) in [4.78, 5) is 10.5. The van der Waals surface area contributed by atoms with Gasteiger partial charge in [0.15, 0.2) is 0 Å². The molecule has 0 fully saturated rings. The van der Waals surface area contributed by atoms with Crippen LogP contribution in [0.15, 0.2) is 15.0 Å². The van der Waals surface area contributed by atoms with Crippen molar-refractivity contribution in [3.63, 3.8) is 0 Å². The number of aromatic carboxylic acids is 1. The lowest BCUT2D eigenvalue weighted by Gasteiger charge is -2.10. The second-order valence-electron chi connectivity index (χ2n) is 2.60. The summed E-state index contributed by atoms with van der Waals surface area (Å²) >= 11 is 3.17. The highest BCUT2D eigenvalue weighted by Crippen LogP contribution is 2.26. The van der Waals surface area contributed by atoms with Gasteiger partial charge in [-0.2, -0.15) is 0 Å². The zero-order valence-corrected chi connectivity index (χ0v) is 8.75. The van der Waals surface area contributed by atoms with Crippen LogP contribution in [0.1, 0.15) is 10.6 Å². The highest BCUT2D eigenvalue weighted by molar-refractivity contribution is 9.10. The molecule has 5 nitrogen and oxygen atoms in total. The Hall–Kier alpha value is -1.01. The van der Waals surface area contributed by atoms with E-state index in [-0.39, 0.29) is 5.76 Å². The lowest BCUT2D eigenvalue weighted by Crippen LogP contribution is -2.19. The Morgan fingerprint density at radius 1 is 1.69 bits per heavy atom. The maximum atomic E-state index is 10.5. The summed E-state index contributed by atoms with van der Waals surface area (Å²) in [6.07, 6.45) is 0. The van der Waals surface area contributed by atoms with E-state index in [2.05, 4.69) is 21.4 Å².